The molecule has 2 aromatic carbocycles. The largest absolute Gasteiger partial charge is 0.362 e. The molecule has 142 valence electrons. The van der Waals surface area contributed by atoms with Crippen LogP contribution in [0.3, 0.4) is 0 Å². The van der Waals surface area contributed by atoms with Crippen LogP contribution in [0.15, 0.2) is 60.0 Å². The van der Waals surface area contributed by atoms with Crippen LogP contribution in [0.4, 0.5) is 21.8 Å². The Kier molecular flexibility index (Phi) is 5.41. The Bertz CT molecular complexity index is 1100. The number of aromatic nitrogens is 2. The van der Waals surface area contributed by atoms with Crippen molar-refractivity contribution in [2.45, 2.75) is 19.4 Å². The molecule has 1 atom stereocenters. The number of fused-ring (bicyclic) bond motifs is 1. The lowest BCUT2D eigenvalue weighted by atomic mass is 10.1. The van der Waals surface area contributed by atoms with Gasteiger partial charge in [0.25, 0.3) is 0 Å². The number of nitrogens with zero attached hydrogens (tertiary/aromatic N) is 2. The van der Waals surface area contributed by atoms with Crippen LogP contribution in [0.1, 0.15) is 24.3 Å². The number of hydrogen-bond acceptors (Lipinski definition) is 5. The third-order valence-electron chi connectivity index (χ3n) is 4.38. The second kappa shape index (κ2) is 8.12. The Morgan fingerprint density at radius 3 is 2.71 bits per heavy atom. The van der Waals surface area contributed by atoms with Gasteiger partial charge in [-0.2, -0.15) is 4.98 Å². The average molecular weight is 413 g/mol. The molecule has 2 aromatic heterocycles. The van der Waals surface area contributed by atoms with Crippen LogP contribution in [-0.2, 0) is 0 Å². The van der Waals surface area contributed by atoms with Gasteiger partial charge in [0.05, 0.1) is 16.6 Å². The van der Waals surface area contributed by atoms with Gasteiger partial charge in [-0.05, 0) is 48.2 Å². The van der Waals surface area contributed by atoms with E-state index >= 15 is 0 Å². The number of para-hydroxylation sites is 1. The van der Waals surface area contributed by atoms with Crippen LogP contribution in [0, 0.1) is 5.82 Å². The van der Waals surface area contributed by atoms with E-state index in [0.717, 1.165) is 23.1 Å². The highest BCUT2D eigenvalue weighted by Gasteiger charge is 2.15. The summed E-state index contributed by atoms with van der Waals surface area (Å²) >= 11 is 7.60. The SMILES string of the molecule is CCC(Nc1nc(Nc2ccc(F)c(Cl)c2)nc2ccccc12)c1cccs1. The second-order valence-corrected chi connectivity index (χ2v) is 7.67. The summed E-state index contributed by atoms with van der Waals surface area (Å²) in [5.41, 5.74) is 1.44. The molecule has 0 amide bonds. The summed E-state index contributed by atoms with van der Waals surface area (Å²) in [7, 11) is 0. The molecule has 0 aliphatic rings. The predicted molar refractivity (Wildman–Crippen MR) is 115 cm³/mol. The van der Waals surface area contributed by atoms with Crippen molar-refractivity contribution in [3.63, 3.8) is 0 Å². The third-order valence-corrected chi connectivity index (χ3v) is 5.66. The summed E-state index contributed by atoms with van der Waals surface area (Å²) in [6.07, 6.45) is 0.926. The number of thiophene rings is 1. The van der Waals surface area contributed by atoms with Gasteiger partial charge in [0, 0.05) is 16.0 Å². The fraction of sp³-hybridized carbons (Fsp3) is 0.143. The van der Waals surface area contributed by atoms with Crippen molar-refractivity contribution in [1.29, 1.82) is 0 Å². The van der Waals surface area contributed by atoms with Crippen molar-refractivity contribution in [2.24, 2.45) is 0 Å². The highest BCUT2D eigenvalue weighted by atomic mass is 35.5. The van der Waals surface area contributed by atoms with Gasteiger partial charge < -0.3 is 10.6 Å². The molecular formula is C21H18ClFN4S. The van der Waals surface area contributed by atoms with Crippen LogP contribution >= 0.6 is 22.9 Å². The Labute approximate surface area is 171 Å². The Balaban J connectivity index is 1.71. The van der Waals surface area contributed by atoms with E-state index in [1.165, 1.54) is 17.0 Å². The fourth-order valence-corrected chi connectivity index (χ4v) is 4.02. The number of rotatable bonds is 6. The van der Waals surface area contributed by atoms with E-state index in [0.29, 0.717) is 11.6 Å². The fourth-order valence-electron chi connectivity index (χ4n) is 2.97. The molecule has 1 unspecified atom stereocenters. The summed E-state index contributed by atoms with van der Waals surface area (Å²) in [6.45, 7) is 2.14. The first-order valence-electron chi connectivity index (χ1n) is 8.93. The molecule has 28 heavy (non-hydrogen) atoms. The molecular weight excluding hydrogens is 395 g/mol. The molecule has 0 spiro atoms. The molecule has 0 saturated carbocycles. The Hall–Kier alpha value is -2.70. The monoisotopic (exact) mass is 412 g/mol. The highest BCUT2D eigenvalue weighted by Crippen LogP contribution is 2.30. The maximum atomic E-state index is 13.4. The summed E-state index contributed by atoms with van der Waals surface area (Å²) in [4.78, 5) is 10.5. The zero-order valence-corrected chi connectivity index (χ0v) is 16.7. The lowest BCUT2D eigenvalue weighted by Crippen LogP contribution is -2.11. The zero-order valence-electron chi connectivity index (χ0n) is 15.1. The maximum Gasteiger partial charge on any atom is 0.229 e. The van der Waals surface area contributed by atoms with Gasteiger partial charge in [-0.1, -0.05) is 36.7 Å². The summed E-state index contributed by atoms with van der Waals surface area (Å²) < 4.78 is 13.4. The van der Waals surface area contributed by atoms with Gasteiger partial charge in [-0.25, -0.2) is 9.37 Å². The predicted octanol–water partition coefficient (Wildman–Crippen LogP) is 6.79. The number of benzene rings is 2. The molecule has 7 heteroatoms. The molecule has 0 aliphatic heterocycles. The minimum atomic E-state index is -0.462. The first kappa shape index (κ1) is 18.7. The number of halogens is 2. The molecule has 4 nitrogen and oxygen atoms in total. The summed E-state index contributed by atoms with van der Waals surface area (Å²) in [6, 6.07) is 16.6. The lowest BCUT2D eigenvalue weighted by Gasteiger charge is -2.18. The van der Waals surface area contributed by atoms with E-state index in [1.54, 1.807) is 17.4 Å². The first-order valence-corrected chi connectivity index (χ1v) is 10.2. The number of hydrogen-bond donors (Lipinski definition) is 2. The molecule has 0 fully saturated rings. The van der Waals surface area contributed by atoms with Gasteiger partial charge in [-0.3, -0.25) is 0 Å². The molecule has 4 aromatic rings. The zero-order chi connectivity index (χ0) is 19.5. The summed E-state index contributed by atoms with van der Waals surface area (Å²) in [5.74, 6) is 0.710. The molecule has 2 heterocycles. The molecule has 2 N–H and O–H groups in total. The van der Waals surface area contributed by atoms with Gasteiger partial charge in [0.15, 0.2) is 0 Å². The van der Waals surface area contributed by atoms with Gasteiger partial charge >= 0.3 is 0 Å². The average Bonchev–Trinajstić information content (AvgIpc) is 3.23. The van der Waals surface area contributed by atoms with Crippen LogP contribution in [0.2, 0.25) is 5.02 Å². The van der Waals surface area contributed by atoms with Crippen molar-refractivity contribution in [3.8, 4) is 0 Å². The maximum absolute atomic E-state index is 13.4. The van der Waals surface area contributed by atoms with Crippen LogP contribution in [-0.4, -0.2) is 9.97 Å². The minimum Gasteiger partial charge on any atom is -0.362 e. The van der Waals surface area contributed by atoms with Crippen molar-refractivity contribution < 1.29 is 4.39 Å². The van der Waals surface area contributed by atoms with Crippen molar-refractivity contribution in [1.82, 2.24) is 9.97 Å². The number of nitrogens with one attached hydrogen (secondary N) is 2. The molecule has 0 bridgehead atoms. The highest BCUT2D eigenvalue weighted by molar-refractivity contribution is 7.10. The van der Waals surface area contributed by atoms with Crippen LogP contribution in [0.25, 0.3) is 10.9 Å². The lowest BCUT2D eigenvalue weighted by molar-refractivity contribution is 0.628. The number of anilines is 3. The van der Waals surface area contributed by atoms with Crippen molar-refractivity contribution >= 4 is 51.3 Å². The first-order chi connectivity index (χ1) is 13.6. The minimum absolute atomic E-state index is 0.0490. The van der Waals surface area contributed by atoms with E-state index < -0.39 is 5.82 Å². The van der Waals surface area contributed by atoms with E-state index in [1.807, 2.05) is 30.3 Å². The molecule has 0 saturated heterocycles. The van der Waals surface area contributed by atoms with Gasteiger partial charge in [0.1, 0.15) is 11.6 Å². The quantitative estimate of drug-likeness (QED) is 0.366. The smallest absolute Gasteiger partial charge is 0.229 e. The standard InChI is InChI=1S/C21H18ClFN4S/c1-2-17(19-8-5-11-28-19)25-20-14-6-3-4-7-18(14)26-21(27-20)24-13-9-10-16(23)15(22)12-13/h3-12,17H,2H2,1H3,(H2,24,25,26,27). The van der Waals surface area contributed by atoms with Crippen molar-refractivity contribution in [2.75, 3.05) is 10.6 Å². The van der Waals surface area contributed by atoms with Gasteiger partial charge in [0.2, 0.25) is 5.95 Å². The van der Waals surface area contributed by atoms with Crippen LogP contribution < -0.4 is 10.6 Å². The van der Waals surface area contributed by atoms with E-state index in [4.69, 9.17) is 11.6 Å². The van der Waals surface area contributed by atoms with E-state index in [-0.39, 0.29) is 11.1 Å². The van der Waals surface area contributed by atoms with Gasteiger partial charge in [-0.15, -0.1) is 11.3 Å². The molecule has 0 aliphatic carbocycles. The normalized spacial score (nSPS) is 12.1. The molecule has 4 rings (SSSR count). The summed E-state index contributed by atoms with van der Waals surface area (Å²) in [5, 5.41) is 9.74. The topological polar surface area (TPSA) is 49.8 Å². The Morgan fingerprint density at radius 2 is 1.96 bits per heavy atom. The molecule has 0 radical (unpaired) electrons. The Morgan fingerprint density at radius 1 is 1.11 bits per heavy atom. The second-order valence-electron chi connectivity index (χ2n) is 6.29. The van der Waals surface area contributed by atoms with Crippen LogP contribution in [0.5, 0.6) is 0 Å². The third kappa shape index (κ3) is 3.93. The van der Waals surface area contributed by atoms with Crippen molar-refractivity contribution in [3.05, 3.63) is 75.7 Å². The van der Waals surface area contributed by atoms with E-state index in [2.05, 4.69) is 39.0 Å². The van der Waals surface area contributed by atoms with E-state index in [9.17, 15) is 4.39 Å².